The number of para-hydroxylation sites is 1. The molecule has 2 aromatic carbocycles. The van der Waals surface area contributed by atoms with Crippen molar-refractivity contribution in [2.75, 3.05) is 26.8 Å². The predicted molar refractivity (Wildman–Crippen MR) is 142 cm³/mol. The Balaban J connectivity index is 1.41. The Kier molecular flexibility index (Phi) is 7.54. The van der Waals surface area contributed by atoms with Gasteiger partial charge in [-0.3, -0.25) is 4.79 Å². The number of methoxy groups -OCH3 is 1. The van der Waals surface area contributed by atoms with Crippen molar-refractivity contribution >= 4 is 16.8 Å². The minimum absolute atomic E-state index is 0.00786. The lowest BCUT2D eigenvalue weighted by Gasteiger charge is -2.36. The average Bonchev–Trinajstić information content (AvgIpc) is 3.69. The molecule has 2 aliphatic rings. The largest absolute Gasteiger partial charge is 0.385 e. The van der Waals surface area contributed by atoms with Crippen molar-refractivity contribution in [3.05, 3.63) is 71.4 Å². The van der Waals surface area contributed by atoms with Gasteiger partial charge in [-0.05, 0) is 67.3 Å². The van der Waals surface area contributed by atoms with Gasteiger partial charge in [0.25, 0.3) is 0 Å². The Morgan fingerprint density at radius 2 is 2.00 bits per heavy atom. The first kappa shape index (κ1) is 24.1. The Bertz CT molecular complexity index is 1150. The topological polar surface area (TPSA) is 46.5 Å². The molecule has 1 saturated heterocycles. The van der Waals surface area contributed by atoms with Gasteiger partial charge in [0.1, 0.15) is 0 Å². The number of fused-ring (bicyclic) bond motifs is 1. The van der Waals surface area contributed by atoms with Crippen LogP contribution in [0.25, 0.3) is 10.9 Å². The third-order valence-corrected chi connectivity index (χ3v) is 7.82. The summed E-state index contributed by atoms with van der Waals surface area (Å²) < 4.78 is 7.61. The van der Waals surface area contributed by atoms with E-state index >= 15 is 0 Å². The third-order valence-electron chi connectivity index (χ3n) is 7.82. The number of carbonyl (C=O) groups is 1. The zero-order chi connectivity index (χ0) is 24.2. The van der Waals surface area contributed by atoms with Crippen LogP contribution >= 0.6 is 0 Å². The molecule has 5 heteroatoms. The molecule has 35 heavy (non-hydrogen) atoms. The van der Waals surface area contributed by atoms with E-state index in [0.717, 1.165) is 58.3 Å². The van der Waals surface area contributed by atoms with Crippen LogP contribution in [0, 0.1) is 5.92 Å². The van der Waals surface area contributed by atoms with Crippen LogP contribution in [0.4, 0.5) is 0 Å². The molecule has 3 aromatic rings. The lowest BCUT2D eigenvalue weighted by molar-refractivity contribution is -0.138. The third kappa shape index (κ3) is 5.31. The number of hydrogen-bond donors (Lipinski definition) is 1. The van der Waals surface area contributed by atoms with Gasteiger partial charge in [-0.25, -0.2) is 0 Å². The van der Waals surface area contributed by atoms with Gasteiger partial charge in [0.15, 0.2) is 0 Å². The van der Waals surface area contributed by atoms with Crippen molar-refractivity contribution in [1.82, 2.24) is 14.8 Å². The first-order chi connectivity index (χ1) is 17.2. The number of rotatable bonds is 10. The molecular formula is C30H39N3O2. The Morgan fingerprint density at radius 3 is 2.80 bits per heavy atom. The number of aromatic nitrogens is 1. The molecule has 0 radical (unpaired) electrons. The highest BCUT2D eigenvalue weighted by molar-refractivity contribution is 5.85. The van der Waals surface area contributed by atoms with E-state index in [2.05, 4.69) is 76.4 Å². The van der Waals surface area contributed by atoms with E-state index in [1.165, 1.54) is 27.6 Å². The summed E-state index contributed by atoms with van der Waals surface area (Å²) >= 11 is 0. The SMILES string of the molecule is CCc1cccc([C@H]2CCNC[C@@H]2C(=O)N(Cc2cn(CCCOC)c3ccccc23)C2CC2)c1. The van der Waals surface area contributed by atoms with E-state index < -0.39 is 0 Å². The summed E-state index contributed by atoms with van der Waals surface area (Å²) in [7, 11) is 1.75. The molecule has 1 aromatic heterocycles. The van der Waals surface area contributed by atoms with E-state index in [4.69, 9.17) is 4.74 Å². The molecule has 5 rings (SSSR count). The molecule has 0 unspecified atom stereocenters. The smallest absolute Gasteiger partial charge is 0.228 e. The first-order valence-corrected chi connectivity index (χ1v) is 13.3. The van der Waals surface area contributed by atoms with Crippen LogP contribution in [-0.2, 0) is 29.0 Å². The number of ether oxygens (including phenoxy) is 1. The molecule has 186 valence electrons. The van der Waals surface area contributed by atoms with Crippen molar-refractivity contribution in [3.8, 4) is 0 Å². The van der Waals surface area contributed by atoms with Crippen molar-refractivity contribution in [2.24, 2.45) is 5.92 Å². The molecule has 0 spiro atoms. The van der Waals surface area contributed by atoms with Gasteiger partial charge in [-0.15, -0.1) is 0 Å². The van der Waals surface area contributed by atoms with Crippen LogP contribution in [-0.4, -0.2) is 48.2 Å². The van der Waals surface area contributed by atoms with Gasteiger partial charge in [0.2, 0.25) is 5.91 Å². The van der Waals surface area contributed by atoms with Gasteiger partial charge in [-0.2, -0.15) is 0 Å². The number of nitrogens with zero attached hydrogens (tertiary/aromatic N) is 2. The number of benzene rings is 2. The summed E-state index contributed by atoms with van der Waals surface area (Å²) in [5.41, 5.74) is 5.18. The molecule has 1 aliphatic heterocycles. The molecular weight excluding hydrogens is 434 g/mol. The highest BCUT2D eigenvalue weighted by atomic mass is 16.5. The van der Waals surface area contributed by atoms with Crippen molar-refractivity contribution < 1.29 is 9.53 Å². The zero-order valence-electron chi connectivity index (χ0n) is 21.2. The fourth-order valence-electron chi connectivity index (χ4n) is 5.74. The lowest BCUT2D eigenvalue weighted by atomic mass is 9.79. The summed E-state index contributed by atoms with van der Waals surface area (Å²) in [6, 6.07) is 17.9. The number of piperidine rings is 1. The normalized spacial score (nSPS) is 20.3. The van der Waals surface area contributed by atoms with Gasteiger partial charge >= 0.3 is 0 Å². The molecule has 5 nitrogen and oxygen atoms in total. The molecule has 1 saturated carbocycles. The van der Waals surface area contributed by atoms with Gasteiger partial charge in [0, 0.05) is 56.5 Å². The number of aryl methyl sites for hydroxylation is 2. The summed E-state index contributed by atoms with van der Waals surface area (Å²) in [6.45, 7) is 6.31. The number of nitrogens with one attached hydrogen (secondary N) is 1. The molecule has 2 atom stereocenters. The van der Waals surface area contributed by atoms with Gasteiger partial charge in [-0.1, -0.05) is 49.4 Å². The van der Waals surface area contributed by atoms with E-state index in [-0.39, 0.29) is 11.8 Å². The van der Waals surface area contributed by atoms with Crippen LogP contribution in [0.3, 0.4) is 0 Å². The summed E-state index contributed by atoms with van der Waals surface area (Å²) in [4.78, 5) is 16.3. The summed E-state index contributed by atoms with van der Waals surface area (Å²) in [6.07, 6.45) is 7.53. The molecule has 1 N–H and O–H groups in total. The van der Waals surface area contributed by atoms with E-state index in [1.807, 2.05) is 0 Å². The van der Waals surface area contributed by atoms with Crippen LogP contribution in [0.2, 0.25) is 0 Å². The van der Waals surface area contributed by atoms with Crippen molar-refractivity contribution in [1.29, 1.82) is 0 Å². The number of carbonyl (C=O) groups excluding carboxylic acids is 1. The molecule has 0 bridgehead atoms. The van der Waals surface area contributed by atoms with Crippen LogP contribution in [0.5, 0.6) is 0 Å². The molecule has 2 heterocycles. The Hall–Kier alpha value is -2.63. The quantitative estimate of drug-likeness (QED) is 0.416. The van der Waals surface area contributed by atoms with Crippen LogP contribution in [0.15, 0.2) is 54.7 Å². The van der Waals surface area contributed by atoms with Crippen LogP contribution < -0.4 is 5.32 Å². The second kappa shape index (κ2) is 11.0. The first-order valence-electron chi connectivity index (χ1n) is 13.3. The standard InChI is InChI=1S/C30H39N3O2/c1-3-22-8-6-9-23(18-22)26-14-15-31-19-28(26)30(34)33(25-12-13-25)21-24-20-32(16-7-17-35-2)29-11-5-4-10-27(24)29/h4-6,8-11,18,20,25-26,28,31H,3,7,12-17,19,21H2,1-2H3/t26-,28+/m1/s1. The minimum Gasteiger partial charge on any atom is -0.385 e. The van der Waals surface area contributed by atoms with E-state index in [0.29, 0.717) is 18.5 Å². The van der Waals surface area contributed by atoms with E-state index in [9.17, 15) is 4.79 Å². The summed E-state index contributed by atoms with van der Waals surface area (Å²) in [5, 5.41) is 4.78. The second-order valence-corrected chi connectivity index (χ2v) is 10.2. The maximum atomic E-state index is 14.1. The highest BCUT2D eigenvalue weighted by Gasteiger charge is 2.40. The fourth-order valence-corrected chi connectivity index (χ4v) is 5.74. The Morgan fingerprint density at radius 1 is 1.14 bits per heavy atom. The maximum Gasteiger partial charge on any atom is 0.228 e. The highest BCUT2D eigenvalue weighted by Crippen LogP contribution is 2.37. The second-order valence-electron chi connectivity index (χ2n) is 10.2. The van der Waals surface area contributed by atoms with Gasteiger partial charge < -0.3 is 19.5 Å². The molecule has 2 fully saturated rings. The van der Waals surface area contributed by atoms with Crippen LogP contribution in [0.1, 0.15) is 55.2 Å². The van der Waals surface area contributed by atoms with Crippen molar-refractivity contribution in [2.45, 2.75) is 64.1 Å². The lowest BCUT2D eigenvalue weighted by Crippen LogP contribution is -2.47. The zero-order valence-corrected chi connectivity index (χ0v) is 21.2. The van der Waals surface area contributed by atoms with Gasteiger partial charge in [0.05, 0.1) is 5.92 Å². The minimum atomic E-state index is -0.00786. The maximum absolute atomic E-state index is 14.1. The summed E-state index contributed by atoms with van der Waals surface area (Å²) in [5.74, 6) is 0.598. The Labute approximate surface area is 209 Å². The average molecular weight is 474 g/mol. The number of amides is 1. The molecule has 1 amide bonds. The fraction of sp³-hybridized carbons (Fsp3) is 0.500. The number of hydrogen-bond acceptors (Lipinski definition) is 3. The monoisotopic (exact) mass is 473 g/mol. The molecule has 1 aliphatic carbocycles. The predicted octanol–water partition coefficient (Wildman–Crippen LogP) is 5.12. The van der Waals surface area contributed by atoms with Crippen molar-refractivity contribution in [3.63, 3.8) is 0 Å². The van der Waals surface area contributed by atoms with E-state index in [1.54, 1.807) is 7.11 Å².